The van der Waals surface area contributed by atoms with Crippen LogP contribution in [-0.2, 0) is 11.3 Å². The smallest absolute Gasteiger partial charge is 0.387 e. The van der Waals surface area contributed by atoms with E-state index in [0.29, 0.717) is 12.1 Å². The molecular weight excluding hydrogens is 328 g/mol. The maximum atomic E-state index is 12.6. The molecule has 0 aliphatic rings. The molecule has 0 saturated heterocycles. The molecule has 25 heavy (non-hydrogen) atoms. The van der Waals surface area contributed by atoms with E-state index in [-0.39, 0.29) is 17.4 Å². The van der Waals surface area contributed by atoms with Crippen molar-refractivity contribution in [2.45, 2.75) is 20.1 Å². The lowest BCUT2D eigenvalue weighted by molar-refractivity contribution is -0.116. The van der Waals surface area contributed by atoms with E-state index in [1.165, 1.54) is 25.3 Å². The highest BCUT2D eigenvalue weighted by Gasteiger charge is 2.14. The summed E-state index contributed by atoms with van der Waals surface area (Å²) in [6, 6.07) is 12.4. The number of para-hydroxylation sites is 1. The summed E-state index contributed by atoms with van der Waals surface area (Å²) in [4.78, 5) is 12.0. The van der Waals surface area contributed by atoms with Crippen molar-refractivity contribution in [1.82, 2.24) is 5.32 Å². The monoisotopic (exact) mass is 347 g/mol. The van der Waals surface area contributed by atoms with Crippen LogP contribution in [0.4, 0.5) is 8.78 Å². The number of halogens is 2. The van der Waals surface area contributed by atoms with Crippen LogP contribution in [0.15, 0.2) is 48.5 Å². The third kappa shape index (κ3) is 5.31. The molecule has 2 aromatic carbocycles. The van der Waals surface area contributed by atoms with E-state index in [1.54, 1.807) is 12.1 Å². The predicted molar refractivity (Wildman–Crippen MR) is 91.7 cm³/mol. The Hall–Kier alpha value is -2.89. The molecular formula is C19H19F2NO3. The second kappa shape index (κ2) is 8.82. The highest BCUT2D eigenvalue weighted by atomic mass is 19.3. The van der Waals surface area contributed by atoms with Crippen molar-refractivity contribution in [3.05, 3.63) is 65.2 Å². The van der Waals surface area contributed by atoms with Crippen molar-refractivity contribution in [1.29, 1.82) is 0 Å². The molecule has 0 heterocycles. The normalized spacial score (nSPS) is 10.9. The summed E-state index contributed by atoms with van der Waals surface area (Å²) < 4.78 is 34.7. The summed E-state index contributed by atoms with van der Waals surface area (Å²) in [5.41, 5.74) is 2.41. The maximum Gasteiger partial charge on any atom is 0.387 e. The first kappa shape index (κ1) is 18.4. The minimum absolute atomic E-state index is 0.108. The molecule has 0 atom stereocenters. The van der Waals surface area contributed by atoms with Crippen molar-refractivity contribution < 1.29 is 23.0 Å². The average molecular weight is 347 g/mol. The molecule has 0 aromatic heterocycles. The zero-order valence-corrected chi connectivity index (χ0v) is 14.0. The summed E-state index contributed by atoms with van der Waals surface area (Å²) in [5, 5.41) is 2.75. The third-order valence-corrected chi connectivity index (χ3v) is 3.56. The highest BCUT2D eigenvalue weighted by molar-refractivity contribution is 5.92. The van der Waals surface area contributed by atoms with Gasteiger partial charge in [-0.1, -0.05) is 36.4 Å². The molecule has 2 rings (SSSR count). The van der Waals surface area contributed by atoms with Gasteiger partial charge in [-0.25, -0.2) is 0 Å². The second-order valence-electron chi connectivity index (χ2n) is 5.23. The predicted octanol–water partition coefficient (Wildman–Crippen LogP) is 3.93. The number of carbonyl (C=O) groups is 1. The minimum Gasteiger partial charge on any atom is -0.493 e. The molecule has 0 bridgehead atoms. The Balaban J connectivity index is 2.08. The number of hydrogen-bond donors (Lipinski definition) is 1. The van der Waals surface area contributed by atoms with E-state index >= 15 is 0 Å². The standard InChI is InChI=1S/C19H19F2NO3/c1-13-6-3-4-7-15(13)12-22-17(23)11-10-14-8-5-9-16(24-2)18(14)25-19(20)21/h3-11,19H,12H2,1-2H3,(H,22,23)/b11-10+. The lowest BCUT2D eigenvalue weighted by Gasteiger charge is -2.12. The number of aryl methyl sites for hydroxylation is 1. The summed E-state index contributed by atoms with van der Waals surface area (Å²) in [7, 11) is 1.36. The number of nitrogens with one attached hydrogen (secondary N) is 1. The van der Waals surface area contributed by atoms with Gasteiger partial charge in [0.1, 0.15) is 0 Å². The largest absolute Gasteiger partial charge is 0.493 e. The minimum atomic E-state index is -2.99. The summed E-state index contributed by atoms with van der Waals surface area (Å²) in [6.45, 7) is -0.645. The van der Waals surface area contributed by atoms with Gasteiger partial charge in [-0.15, -0.1) is 0 Å². The molecule has 0 aliphatic heterocycles. The number of alkyl halides is 2. The van der Waals surface area contributed by atoms with Gasteiger partial charge in [0.25, 0.3) is 0 Å². The van der Waals surface area contributed by atoms with Crippen LogP contribution in [0.25, 0.3) is 6.08 Å². The van der Waals surface area contributed by atoms with Crippen LogP contribution in [0.2, 0.25) is 0 Å². The molecule has 1 N–H and O–H groups in total. The average Bonchev–Trinajstić information content (AvgIpc) is 2.59. The van der Waals surface area contributed by atoms with Crippen molar-refractivity contribution in [3.8, 4) is 11.5 Å². The van der Waals surface area contributed by atoms with Gasteiger partial charge in [0.15, 0.2) is 11.5 Å². The van der Waals surface area contributed by atoms with E-state index in [1.807, 2.05) is 31.2 Å². The Labute approximate surface area is 145 Å². The fraction of sp³-hybridized carbons (Fsp3) is 0.211. The molecule has 4 nitrogen and oxygen atoms in total. The van der Waals surface area contributed by atoms with Crippen molar-refractivity contribution in [2.75, 3.05) is 7.11 Å². The van der Waals surface area contributed by atoms with Crippen molar-refractivity contribution >= 4 is 12.0 Å². The van der Waals surface area contributed by atoms with Crippen LogP contribution in [0.5, 0.6) is 11.5 Å². The number of carbonyl (C=O) groups excluding carboxylic acids is 1. The Morgan fingerprint density at radius 3 is 2.64 bits per heavy atom. The first-order chi connectivity index (χ1) is 12.0. The van der Waals surface area contributed by atoms with Gasteiger partial charge in [-0.05, 0) is 30.2 Å². The van der Waals surface area contributed by atoms with Gasteiger partial charge in [-0.2, -0.15) is 8.78 Å². The Kier molecular flexibility index (Phi) is 6.51. The molecule has 0 unspecified atom stereocenters. The van der Waals surface area contributed by atoms with Crippen LogP contribution < -0.4 is 14.8 Å². The molecule has 0 fully saturated rings. The summed E-state index contributed by atoms with van der Waals surface area (Å²) in [5.74, 6) is -0.278. The zero-order chi connectivity index (χ0) is 18.2. The van der Waals surface area contributed by atoms with Gasteiger partial charge < -0.3 is 14.8 Å². The summed E-state index contributed by atoms with van der Waals surface area (Å²) >= 11 is 0. The molecule has 0 radical (unpaired) electrons. The van der Waals surface area contributed by atoms with E-state index in [4.69, 9.17) is 4.74 Å². The third-order valence-electron chi connectivity index (χ3n) is 3.56. The number of benzene rings is 2. The zero-order valence-electron chi connectivity index (χ0n) is 14.0. The molecule has 1 amide bonds. The molecule has 0 saturated carbocycles. The Morgan fingerprint density at radius 2 is 1.96 bits per heavy atom. The first-order valence-corrected chi connectivity index (χ1v) is 7.63. The van der Waals surface area contributed by atoms with Crippen LogP contribution >= 0.6 is 0 Å². The Bertz CT molecular complexity index is 760. The van der Waals surface area contributed by atoms with Gasteiger partial charge in [0.2, 0.25) is 5.91 Å². The van der Waals surface area contributed by atoms with Crippen LogP contribution in [0, 0.1) is 6.92 Å². The fourth-order valence-corrected chi connectivity index (χ4v) is 2.26. The van der Waals surface area contributed by atoms with Crippen molar-refractivity contribution in [3.63, 3.8) is 0 Å². The van der Waals surface area contributed by atoms with E-state index in [2.05, 4.69) is 10.1 Å². The van der Waals surface area contributed by atoms with E-state index in [0.717, 1.165) is 11.1 Å². The van der Waals surface area contributed by atoms with Gasteiger partial charge in [0, 0.05) is 18.2 Å². The van der Waals surface area contributed by atoms with Gasteiger partial charge in [-0.3, -0.25) is 4.79 Å². The number of methoxy groups -OCH3 is 1. The lowest BCUT2D eigenvalue weighted by Crippen LogP contribution is -2.20. The van der Waals surface area contributed by atoms with Crippen molar-refractivity contribution in [2.24, 2.45) is 0 Å². The number of amides is 1. The number of rotatable bonds is 7. The molecule has 0 aliphatic carbocycles. The maximum absolute atomic E-state index is 12.6. The van der Waals surface area contributed by atoms with Gasteiger partial charge in [0.05, 0.1) is 7.11 Å². The van der Waals surface area contributed by atoms with Crippen LogP contribution in [0.3, 0.4) is 0 Å². The lowest BCUT2D eigenvalue weighted by atomic mass is 10.1. The number of ether oxygens (including phenoxy) is 2. The topological polar surface area (TPSA) is 47.6 Å². The fourth-order valence-electron chi connectivity index (χ4n) is 2.26. The van der Waals surface area contributed by atoms with Gasteiger partial charge >= 0.3 is 6.61 Å². The molecule has 2 aromatic rings. The highest BCUT2D eigenvalue weighted by Crippen LogP contribution is 2.33. The molecule has 6 heteroatoms. The quantitative estimate of drug-likeness (QED) is 0.772. The van der Waals surface area contributed by atoms with Crippen LogP contribution in [0.1, 0.15) is 16.7 Å². The summed E-state index contributed by atoms with van der Waals surface area (Å²) in [6.07, 6.45) is 2.68. The molecule has 132 valence electrons. The van der Waals surface area contributed by atoms with E-state index < -0.39 is 6.61 Å². The Morgan fingerprint density at radius 1 is 1.20 bits per heavy atom. The second-order valence-corrected chi connectivity index (χ2v) is 5.23. The SMILES string of the molecule is COc1cccc(/C=C/C(=O)NCc2ccccc2C)c1OC(F)F. The number of hydrogen-bond acceptors (Lipinski definition) is 3. The first-order valence-electron chi connectivity index (χ1n) is 7.63. The van der Waals surface area contributed by atoms with Crippen LogP contribution in [-0.4, -0.2) is 19.6 Å². The molecule has 0 spiro atoms. The van der Waals surface area contributed by atoms with E-state index in [9.17, 15) is 13.6 Å².